The van der Waals surface area contributed by atoms with E-state index in [2.05, 4.69) is 11.7 Å². The standard InChI is InChI=1S/C11H13O3/c1-2-3-8-13-10-4-6-11(7-5-10)14-9-12/h4-7H,2-3,8H2,1H3. The van der Waals surface area contributed by atoms with Gasteiger partial charge in [-0.2, -0.15) is 0 Å². The summed E-state index contributed by atoms with van der Waals surface area (Å²) in [4.78, 5) is 9.89. The van der Waals surface area contributed by atoms with Crippen molar-refractivity contribution in [1.82, 2.24) is 0 Å². The first-order valence-electron chi connectivity index (χ1n) is 4.63. The van der Waals surface area contributed by atoms with Gasteiger partial charge in [0.05, 0.1) is 6.61 Å². The van der Waals surface area contributed by atoms with Crippen molar-refractivity contribution in [3.05, 3.63) is 24.3 Å². The van der Waals surface area contributed by atoms with Crippen molar-refractivity contribution in [1.29, 1.82) is 0 Å². The largest absolute Gasteiger partial charge is 0.494 e. The minimum Gasteiger partial charge on any atom is -0.494 e. The van der Waals surface area contributed by atoms with E-state index >= 15 is 0 Å². The second-order valence-corrected chi connectivity index (χ2v) is 2.86. The van der Waals surface area contributed by atoms with E-state index in [1.807, 2.05) is 0 Å². The van der Waals surface area contributed by atoms with Gasteiger partial charge in [-0.15, -0.1) is 0 Å². The van der Waals surface area contributed by atoms with Crippen LogP contribution in [0.15, 0.2) is 24.3 Å². The van der Waals surface area contributed by atoms with E-state index in [1.54, 1.807) is 24.3 Å². The van der Waals surface area contributed by atoms with Gasteiger partial charge in [0.2, 0.25) is 0 Å². The molecule has 3 nitrogen and oxygen atoms in total. The number of carbonyl (C=O) groups excluding carboxylic acids is 1. The summed E-state index contributed by atoms with van der Waals surface area (Å²) in [5, 5.41) is 0. The molecular formula is C11H13O3. The maximum absolute atomic E-state index is 9.89. The first-order chi connectivity index (χ1) is 6.86. The summed E-state index contributed by atoms with van der Waals surface area (Å²) in [7, 11) is 0. The minimum absolute atomic E-state index is 0.475. The molecule has 0 fully saturated rings. The molecule has 0 aromatic heterocycles. The molecular weight excluding hydrogens is 180 g/mol. The van der Waals surface area contributed by atoms with Crippen molar-refractivity contribution in [3.8, 4) is 11.5 Å². The zero-order chi connectivity index (χ0) is 10.2. The summed E-state index contributed by atoms with van der Waals surface area (Å²) >= 11 is 0. The van der Waals surface area contributed by atoms with Crippen LogP contribution >= 0.6 is 0 Å². The van der Waals surface area contributed by atoms with Gasteiger partial charge in [0.1, 0.15) is 11.5 Å². The fourth-order valence-electron chi connectivity index (χ4n) is 0.986. The quantitative estimate of drug-likeness (QED) is 0.650. The highest BCUT2D eigenvalue weighted by Crippen LogP contribution is 2.17. The van der Waals surface area contributed by atoms with Gasteiger partial charge < -0.3 is 9.47 Å². The molecule has 1 aromatic carbocycles. The number of rotatable bonds is 6. The Bertz CT molecular complexity index is 266. The van der Waals surface area contributed by atoms with E-state index in [1.165, 1.54) is 6.47 Å². The molecule has 0 saturated carbocycles. The van der Waals surface area contributed by atoms with Gasteiger partial charge in [-0.25, -0.2) is 4.79 Å². The van der Waals surface area contributed by atoms with Crippen molar-refractivity contribution in [2.24, 2.45) is 0 Å². The van der Waals surface area contributed by atoms with Gasteiger partial charge >= 0.3 is 6.47 Å². The third kappa shape index (κ3) is 3.47. The van der Waals surface area contributed by atoms with E-state index in [4.69, 9.17) is 4.74 Å². The molecule has 0 amide bonds. The van der Waals surface area contributed by atoms with Gasteiger partial charge in [0.25, 0.3) is 0 Å². The second kappa shape index (κ2) is 6.02. The number of unbranched alkanes of at least 4 members (excludes halogenated alkanes) is 1. The molecule has 1 radical (unpaired) electrons. The van der Waals surface area contributed by atoms with Gasteiger partial charge in [-0.05, 0) is 30.7 Å². The smallest absolute Gasteiger partial charge is 0.423 e. The molecule has 0 aliphatic heterocycles. The molecule has 0 N–H and O–H groups in total. The van der Waals surface area contributed by atoms with Gasteiger partial charge in [0.15, 0.2) is 0 Å². The minimum atomic E-state index is 0.475. The van der Waals surface area contributed by atoms with Crippen molar-refractivity contribution >= 4 is 6.47 Å². The molecule has 0 atom stereocenters. The number of ether oxygens (including phenoxy) is 2. The lowest BCUT2D eigenvalue weighted by atomic mass is 10.3. The normalized spacial score (nSPS) is 9.50. The van der Waals surface area contributed by atoms with Crippen LogP contribution in [0.5, 0.6) is 11.5 Å². The lowest BCUT2D eigenvalue weighted by Crippen LogP contribution is -1.96. The molecule has 0 unspecified atom stereocenters. The molecule has 0 aliphatic rings. The Hall–Kier alpha value is -1.51. The van der Waals surface area contributed by atoms with Crippen molar-refractivity contribution in [2.45, 2.75) is 19.8 Å². The van der Waals surface area contributed by atoms with E-state index < -0.39 is 0 Å². The fourth-order valence-corrected chi connectivity index (χ4v) is 0.986. The second-order valence-electron chi connectivity index (χ2n) is 2.86. The zero-order valence-corrected chi connectivity index (χ0v) is 8.16. The molecule has 0 spiro atoms. The summed E-state index contributed by atoms with van der Waals surface area (Å²) in [6, 6.07) is 6.88. The third-order valence-electron chi connectivity index (χ3n) is 1.75. The highest BCUT2D eigenvalue weighted by atomic mass is 16.5. The lowest BCUT2D eigenvalue weighted by molar-refractivity contribution is 0.309. The van der Waals surface area contributed by atoms with Crippen LogP contribution in [0.4, 0.5) is 0 Å². The van der Waals surface area contributed by atoms with Crippen LogP contribution in [0.3, 0.4) is 0 Å². The maximum atomic E-state index is 9.89. The highest BCUT2D eigenvalue weighted by Gasteiger charge is 1.95. The average molecular weight is 193 g/mol. The molecule has 0 saturated heterocycles. The summed E-state index contributed by atoms with van der Waals surface area (Å²) in [6.07, 6.45) is 2.15. The molecule has 1 rings (SSSR count). The number of hydrogen-bond donors (Lipinski definition) is 0. The number of benzene rings is 1. The van der Waals surface area contributed by atoms with E-state index in [0.29, 0.717) is 5.75 Å². The molecule has 75 valence electrons. The van der Waals surface area contributed by atoms with Crippen LogP contribution in [0.2, 0.25) is 0 Å². The van der Waals surface area contributed by atoms with Crippen molar-refractivity contribution < 1.29 is 14.3 Å². The Morgan fingerprint density at radius 3 is 2.43 bits per heavy atom. The van der Waals surface area contributed by atoms with Crippen LogP contribution in [0, 0.1) is 0 Å². The van der Waals surface area contributed by atoms with Crippen molar-refractivity contribution in [2.75, 3.05) is 6.61 Å². The van der Waals surface area contributed by atoms with Crippen LogP contribution in [0.25, 0.3) is 0 Å². The Morgan fingerprint density at radius 2 is 1.86 bits per heavy atom. The fraction of sp³-hybridized carbons (Fsp3) is 0.364. The van der Waals surface area contributed by atoms with Gasteiger partial charge in [0, 0.05) is 0 Å². The highest BCUT2D eigenvalue weighted by molar-refractivity contribution is 5.46. The predicted octanol–water partition coefficient (Wildman–Crippen LogP) is 2.31. The first-order valence-corrected chi connectivity index (χ1v) is 4.63. The van der Waals surface area contributed by atoms with Crippen LogP contribution < -0.4 is 9.47 Å². The Morgan fingerprint density at radius 1 is 1.21 bits per heavy atom. The topological polar surface area (TPSA) is 35.5 Å². The van der Waals surface area contributed by atoms with Crippen LogP contribution in [0.1, 0.15) is 19.8 Å². The van der Waals surface area contributed by atoms with Crippen LogP contribution in [-0.4, -0.2) is 13.1 Å². The Labute approximate surface area is 83.6 Å². The van der Waals surface area contributed by atoms with E-state index in [9.17, 15) is 4.79 Å². The monoisotopic (exact) mass is 193 g/mol. The molecule has 0 heterocycles. The average Bonchev–Trinajstić information content (AvgIpc) is 2.21. The molecule has 0 bridgehead atoms. The van der Waals surface area contributed by atoms with Gasteiger partial charge in [-0.1, -0.05) is 13.3 Å². The summed E-state index contributed by atoms with van der Waals surface area (Å²) in [6.45, 7) is 4.20. The Balaban J connectivity index is 2.42. The maximum Gasteiger partial charge on any atom is 0.423 e. The summed E-state index contributed by atoms with van der Waals surface area (Å²) < 4.78 is 9.95. The predicted molar refractivity (Wildman–Crippen MR) is 53.2 cm³/mol. The van der Waals surface area contributed by atoms with Crippen LogP contribution in [-0.2, 0) is 4.79 Å². The lowest BCUT2D eigenvalue weighted by Gasteiger charge is -2.04. The van der Waals surface area contributed by atoms with Gasteiger partial charge in [-0.3, -0.25) is 0 Å². The van der Waals surface area contributed by atoms with E-state index in [0.717, 1.165) is 25.2 Å². The summed E-state index contributed by atoms with van der Waals surface area (Å²) in [5.74, 6) is 1.26. The zero-order valence-electron chi connectivity index (χ0n) is 8.16. The third-order valence-corrected chi connectivity index (χ3v) is 1.75. The Kier molecular flexibility index (Phi) is 4.55. The van der Waals surface area contributed by atoms with E-state index in [-0.39, 0.29) is 0 Å². The molecule has 3 heteroatoms. The SMILES string of the molecule is CCCCOc1ccc(O[C]=O)cc1. The number of hydrogen-bond acceptors (Lipinski definition) is 3. The first kappa shape index (κ1) is 10.6. The molecule has 1 aromatic rings. The molecule has 14 heavy (non-hydrogen) atoms. The van der Waals surface area contributed by atoms with Crippen molar-refractivity contribution in [3.63, 3.8) is 0 Å². The molecule has 0 aliphatic carbocycles. The summed E-state index contributed by atoms with van der Waals surface area (Å²) in [5.41, 5.74) is 0.